The van der Waals surface area contributed by atoms with Crippen molar-refractivity contribution in [2.75, 3.05) is 0 Å². The molecule has 0 saturated heterocycles. The van der Waals surface area contributed by atoms with Gasteiger partial charge in [0.25, 0.3) is 5.91 Å². The molecule has 0 aliphatic carbocycles. The van der Waals surface area contributed by atoms with Crippen LogP contribution in [0.4, 0.5) is 0 Å². The van der Waals surface area contributed by atoms with Crippen molar-refractivity contribution in [1.29, 1.82) is 5.26 Å². The maximum absolute atomic E-state index is 12.0. The highest BCUT2D eigenvalue weighted by atomic mass is 16.4. The lowest BCUT2D eigenvalue weighted by Crippen LogP contribution is -2.38. The number of hydrogen-bond donors (Lipinski definition) is 1. The third kappa shape index (κ3) is 2.52. The van der Waals surface area contributed by atoms with Crippen LogP contribution < -0.4 is 10.9 Å². The molecule has 0 unspecified atom stereocenters. The van der Waals surface area contributed by atoms with Crippen molar-refractivity contribution in [2.45, 2.75) is 12.8 Å². The van der Waals surface area contributed by atoms with Crippen molar-refractivity contribution in [3.8, 4) is 6.07 Å². The Morgan fingerprint density at radius 3 is 2.82 bits per heavy atom. The van der Waals surface area contributed by atoms with Crippen LogP contribution in [0, 0.1) is 11.3 Å². The molecule has 108 valence electrons. The summed E-state index contributed by atoms with van der Waals surface area (Å²) in [5.74, 6) is -0.974. The van der Waals surface area contributed by atoms with Crippen molar-refractivity contribution in [3.63, 3.8) is 0 Å². The summed E-state index contributed by atoms with van der Waals surface area (Å²) in [6.07, 6.45) is 0.160. The summed E-state index contributed by atoms with van der Waals surface area (Å²) in [6.45, 7) is 0. The van der Waals surface area contributed by atoms with Crippen molar-refractivity contribution in [2.24, 2.45) is 0 Å². The third-order valence-corrected chi connectivity index (χ3v) is 3.37. The Bertz CT molecular complexity index is 890. The molecule has 6 nitrogen and oxygen atoms in total. The molecule has 22 heavy (non-hydrogen) atoms. The molecule has 1 aliphatic rings. The topological polar surface area (TPSA) is 100 Å². The van der Waals surface area contributed by atoms with E-state index in [9.17, 15) is 14.4 Å². The van der Waals surface area contributed by atoms with Crippen LogP contribution in [0.3, 0.4) is 0 Å². The monoisotopic (exact) mass is 294 g/mol. The van der Waals surface area contributed by atoms with Crippen LogP contribution in [0.5, 0.6) is 0 Å². The average molecular weight is 294 g/mol. The quantitative estimate of drug-likeness (QED) is 0.830. The molecule has 0 atom stereocenters. The Morgan fingerprint density at radius 1 is 1.23 bits per heavy atom. The number of nitrogens with one attached hydrogen (secondary N) is 1. The predicted molar refractivity (Wildman–Crippen MR) is 75.1 cm³/mol. The first-order valence-electron chi connectivity index (χ1n) is 6.56. The third-order valence-electron chi connectivity index (χ3n) is 3.37. The molecule has 0 saturated carbocycles. The number of benzene rings is 1. The summed E-state index contributed by atoms with van der Waals surface area (Å²) < 4.78 is 4.97. The molecule has 6 heteroatoms. The lowest BCUT2D eigenvalue weighted by atomic mass is 9.96. The molecule has 1 aliphatic heterocycles. The number of carbonyl (C=O) groups is 2. The minimum atomic E-state index is -0.604. The van der Waals surface area contributed by atoms with Crippen LogP contribution in [0.25, 0.3) is 0 Å². The first-order chi connectivity index (χ1) is 10.6. The van der Waals surface area contributed by atoms with Crippen LogP contribution >= 0.6 is 0 Å². The number of imide groups is 1. The van der Waals surface area contributed by atoms with E-state index >= 15 is 0 Å². The molecule has 3 rings (SSSR count). The largest absolute Gasteiger partial charge is 0.426 e. The van der Waals surface area contributed by atoms with Gasteiger partial charge in [-0.05, 0) is 29.7 Å². The molecule has 0 fully saturated rings. The Morgan fingerprint density at radius 2 is 2.05 bits per heavy atom. The van der Waals surface area contributed by atoms with Crippen molar-refractivity contribution in [1.82, 2.24) is 5.32 Å². The second-order valence-corrected chi connectivity index (χ2v) is 4.93. The zero-order chi connectivity index (χ0) is 15.7. The molecule has 0 bridgehead atoms. The molecule has 2 heterocycles. The van der Waals surface area contributed by atoms with Gasteiger partial charge in [0, 0.05) is 6.07 Å². The van der Waals surface area contributed by atoms with Crippen molar-refractivity contribution in [3.05, 3.63) is 68.8 Å². The highest BCUT2D eigenvalue weighted by Crippen LogP contribution is 2.20. The zero-order valence-electron chi connectivity index (χ0n) is 11.4. The fourth-order valence-electron chi connectivity index (χ4n) is 2.48. The van der Waals surface area contributed by atoms with Crippen LogP contribution in [-0.4, -0.2) is 11.8 Å². The van der Waals surface area contributed by atoms with E-state index in [4.69, 9.17) is 9.68 Å². The number of carbonyl (C=O) groups excluding carboxylic acids is 2. The highest BCUT2D eigenvalue weighted by Gasteiger charge is 2.28. The van der Waals surface area contributed by atoms with Crippen LogP contribution in [0.2, 0.25) is 0 Å². The second kappa shape index (κ2) is 5.30. The zero-order valence-corrected chi connectivity index (χ0v) is 11.4. The lowest BCUT2D eigenvalue weighted by molar-refractivity contribution is -0.120. The molecule has 1 aromatic heterocycles. The van der Waals surface area contributed by atoms with Gasteiger partial charge in [-0.15, -0.1) is 0 Å². The minimum Gasteiger partial charge on any atom is -0.426 e. The standard InChI is InChI=1S/C16H10N2O4/c17-8-10-3-1-2-9(4-10)5-11-6-14(20)22-12-7-13(19)18-16(21)15(11)12/h1-4,6H,5,7H2,(H,18,19,21). The maximum Gasteiger partial charge on any atom is 0.336 e. The fraction of sp³-hybridized carbons (Fsp3) is 0.125. The molecular weight excluding hydrogens is 284 g/mol. The first kappa shape index (κ1) is 13.8. The van der Waals surface area contributed by atoms with Crippen LogP contribution in [0.15, 0.2) is 39.5 Å². The molecule has 2 aromatic rings. The average Bonchev–Trinajstić information content (AvgIpc) is 2.46. The van der Waals surface area contributed by atoms with Gasteiger partial charge in [-0.25, -0.2) is 4.79 Å². The molecule has 0 radical (unpaired) electrons. The molecule has 0 spiro atoms. The van der Waals surface area contributed by atoms with Crippen LogP contribution in [-0.2, 0) is 17.6 Å². The Labute approximate surface area is 125 Å². The molecule has 1 aromatic carbocycles. The highest BCUT2D eigenvalue weighted by molar-refractivity contribution is 6.09. The Balaban J connectivity index is 2.08. The van der Waals surface area contributed by atoms with Crippen molar-refractivity contribution < 1.29 is 14.0 Å². The van der Waals surface area contributed by atoms with Gasteiger partial charge in [0.1, 0.15) is 5.76 Å². The fourth-order valence-corrected chi connectivity index (χ4v) is 2.48. The molecule has 1 N–H and O–H groups in total. The smallest absolute Gasteiger partial charge is 0.336 e. The first-order valence-corrected chi connectivity index (χ1v) is 6.56. The number of nitriles is 1. The van der Waals surface area contributed by atoms with Gasteiger partial charge in [0.05, 0.1) is 23.6 Å². The van der Waals surface area contributed by atoms with E-state index in [0.29, 0.717) is 17.5 Å². The van der Waals surface area contributed by atoms with E-state index in [1.807, 2.05) is 6.07 Å². The summed E-state index contributed by atoms with van der Waals surface area (Å²) in [7, 11) is 0. The van der Waals surface area contributed by atoms with Gasteiger partial charge in [-0.1, -0.05) is 12.1 Å². The normalized spacial score (nSPS) is 13.2. The Kier molecular flexibility index (Phi) is 3.31. The van der Waals surface area contributed by atoms with Gasteiger partial charge in [0.15, 0.2) is 0 Å². The van der Waals surface area contributed by atoms with Gasteiger partial charge >= 0.3 is 5.63 Å². The van der Waals surface area contributed by atoms with Gasteiger partial charge in [-0.3, -0.25) is 14.9 Å². The SMILES string of the molecule is N#Cc1cccc(Cc2cc(=O)oc3c2C(=O)NC(=O)C3)c1. The number of rotatable bonds is 2. The summed E-state index contributed by atoms with van der Waals surface area (Å²) >= 11 is 0. The van der Waals surface area contributed by atoms with E-state index in [1.165, 1.54) is 6.07 Å². The van der Waals surface area contributed by atoms with Crippen molar-refractivity contribution >= 4 is 11.8 Å². The van der Waals surface area contributed by atoms with E-state index < -0.39 is 17.4 Å². The number of nitrogens with zero attached hydrogens (tertiary/aromatic N) is 1. The lowest BCUT2D eigenvalue weighted by Gasteiger charge is -2.16. The minimum absolute atomic E-state index is 0.0905. The van der Waals surface area contributed by atoms with Gasteiger partial charge < -0.3 is 4.42 Å². The van der Waals surface area contributed by atoms with Gasteiger partial charge in [0.2, 0.25) is 5.91 Å². The molecular formula is C16H10N2O4. The number of fused-ring (bicyclic) bond motifs is 1. The Hall–Kier alpha value is -3.20. The van der Waals surface area contributed by atoms with Crippen LogP contribution in [0.1, 0.15) is 32.8 Å². The summed E-state index contributed by atoms with van der Waals surface area (Å²) in [5, 5.41) is 11.1. The maximum atomic E-state index is 12.0. The summed E-state index contributed by atoms with van der Waals surface area (Å²) in [4.78, 5) is 35.0. The van der Waals surface area contributed by atoms with E-state index in [1.54, 1.807) is 24.3 Å². The van der Waals surface area contributed by atoms with E-state index in [0.717, 1.165) is 5.56 Å². The number of amides is 2. The van der Waals surface area contributed by atoms with E-state index in [2.05, 4.69) is 5.32 Å². The number of hydrogen-bond acceptors (Lipinski definition) is 5. The second-order valence-electron chi connectivity index (χ2n) is 4.93. The molecule has 2 amide bonds. The van der Waals surface area contributed by atoms with E-state index in [-0.39, 0.29) is 17.7 Å². The summed E-state index contributed by atoms with van der Waals surface area (Å²) in [5.41, 5.74) is 1.38. The van der Waals surface area contributed by atoms with Gasteiger partial charge in [-0.2, -0.15) is 5.26 Å². The predicted octanol–water partition coefficient (Wildman–Crippen LogP) is 0.915. The summed E-state index contributed by atoms with van der Waals surface area (Å²) in [6, 6.07) is 10.2.